The Bertz CT molecular complexity index is 1970. The number of carbonyl (C=O) groups is 4. The van der Waals surface area contributed by atoms with Crippen LogP contribution in [0.3, 0.4) is 0 Å². The van der Waals surface area contributed by atoms with Crippen molar-refractivity contribution in [3.8, 4) is 0 Å². The lowest BCUT2D eigenvalue weighted by atomic mass is 10.0. The summed E-state index contributed by atoms with van der Waals surface area (Å²) in [6.45, 7) is 8.62. The van der Waals surface area contributed by atoms with E-state index in [2.05, 4.69) is 5.32 Å². The highest BCUT2D eigenvalue weighted by molar-refractivity contribution is 6.53. The Kier molecular flexibility index (Phi) is 11.5. The van der Waals surface area contributed by atoms with Crippen molar-refractivity contribution < 1.29 is 59.4 Å². The molecule has 18 heteroatoms. The van der Waals surface area contributed by atoms with Crippen molar-refractivity contribution in [2.75, 3.05) is 10.2 Å². The van der Waals surface area contributed by atoms with Crippen LogP contribution >= 0.6 is 34.8 Å². The molecule has 0 aliphatic heterocycles. The van der Waals surface area contributed by atoms with E-state index in [1.54, 1.807) is 0 Å². The Labute approximate surface area is 313 Å². The van der Waals surface area contributed by atoms with Crippen LogP contribution in [0.2, 0.25) is 5.02 Å². The van der Waals surface area contributed by atoms with Gasteiger partial charge in [0.15, 0.2) is 17.4 Å². The summed E-state index contributed by atoms with van der Waals surface area (Å²) in [5, 5.41) is 1.65. The Morgan fingerprint density at radius 3 is 1.89 bits per heavy atom. The molecule has 53 heavy (non-hydrogen) atoms. The number of ketones is 1. The highest BCUT2D eigenvalue weighted by atomic mass is 35.5. The molecule has 0 radical (unpaired) electrons. The summed E-state index contributed by atoms with van der Waals surface area (Å²) in [6, 6.07) is 4.89. The molecule has 0 unspecified atom stereocenters. The van der Waals surface area contributed by atoms with Crippen LogP contribution < -0.4 is 10.2 Å². The van der Waals surface area contributed by atoms with Crippen LogP contribution in [0.4, 0.5) is 51.7 Å². The van der Waals surface area contributed by atoms with Gasteiger partial charge in [-0.25, -0.2) is 27.2 Å². The maximum absolute atomic E-state index is 16.0. The SMILES string of the molecule is CC(C)(C)OC(=O)N(C(=O)OC(C)(C)C)c1c(F)ccc(CC(=O)c2cc(NC(=O)[C@H]3[C@H](c4ccc(F)c(C(F)(F)F)c4)C3(Cl)Cl)c(F)cc2Cl)c1F. The van der Waals surface area contributed by atoms with E-state index in [1.807, 2.05) is 0 Å². The van der Waals surface area contributed by atoms with Crippen LogP contribution in [-0.2, 0) is 26.9 Å². The first-order chi connectivity index (χ1) is 24.1. The van der Waals surface area contributed by atoms with Gasteiger partial charge in [-0.1, -0.05) is 23.7 Å². The van der Waals surface area contributed by atoms with Crippen LogP contribution in [-0.4, -0.2) is 39.4 Å². The molecule has 3 aromatic rings. The fourth-order valence-corrected chi connectivity index (χ4v) is 6.24. The molecule has 1 aliphatic rings. The third kappa shape index (κ3) is 9.36. The van der Waals surface area contributed by atoms with Gasteiger partial charge >= 0.3 is 18.4 Å². The molecule has 0 bridgehead atoms. The van der Waals surface area contributed by atoms with Gasteiger partial charge in [0, 0.05) is 17.9 Å². The first kappa shape index (κ1) is 41.7. The van der Waals surface area contributed by atoms with E-state index in [0.29, 0.717) is 24.3 Å². The summed E-state index contributed by atoms with van der Waals surface area (Å²) < 4.78 is 108. The summed E-state index contributed by atoms with van der Waals surface area (Å²) in [5.41, 5.74) is -7.21. The molecule has 3 amide bonds. The van der Waals surface area contributed by atoms with Gasteiger partial charge in [0.2, 0.25) is 5.91 Å². The molecular weight excluding hydrogens is 784 g/mol. The molecule has 8 nitrogen and oxygen atoms in total. The van der Waals surface area contributed by atoms with E-state index in [4.69, 9.17) is 44.3 Å². The van der Waals surface area contributed by atoms with Gasteiger partial charge < -0.3 is 14.8 Å². The van der Waals surface area contributed by atoms with Crippen molar-refractivity contribution in [1.82, 2.24) is 0 Å². The zero-order chi connectivity index (χ0) is 40.2. The maximum Gasteiger partial charge on any atom is 0.424 e. The van der Waals surface area contributed by atoms with Crippen molar-refractivity contribution in [2.45, 2.75) is 75.6 Å². The number of amides is 3. The molecule has 0 saturated heterocycles. The lowest BCUT2D eigenvalue weighted by molar-refractivity contribution is -0.140. The van der Waals surface area contributed by atoms with E-state index in [9.17, 15) is 36.7 Å². The third-order valence-corrected chi connectivity index (χ3v) is 8.73. The summed E-state index contributed by atoms with van der Waals surface area (Å²) >= 11 is 18.5. The minimum Gasteiger partial charge on any atom is -0.443 e. The Hall–Kier alpha value is -4.08. The van der Waals surface area contributed by atoms with E-state index < -0.39 is 120 Å². The van der Waals surface area contributed by atoms with Gasteiger partial charge in [-0.15, -0.1) is 23.2 Å². The van der Waals surface area contributed by atoms with Gasteiger partial charge in [0.25, 0.3) is 0 Å². The van der Waals surface area contributed by atoms with Gasteiger partial charge in [0.1, 0.15) is 32.9 Å². The molecule has 1 saturated carbocycles. The lowest BCUT2D eigenvalue weighted by Gasteiger charge is -2.29. The first-order valence-electron chi connectivity index (χ1n) is 15.4. The summed E-state index contributed by atoms with van der Waals surface area (Å²) in [5.74, 6) is -10.5. The Morgan fingerprint density at radius 1 is 0.811 bits per heavy atom. The molecule has 0 heterocycles. The quantitative estimate of drug-likeness (QED) is 0.145. The second-order valence-electron chi connectivity index (χ2n) is 13.9. The molecule has 1 aliphatic carbocycles. The molecule has 4 rings (SSSR count). The molecule has 286 valence electrons. The average Bonchev–Trinajstić information content (AvgIpc) is 3.57. The fraction of sp³-hybridized carbons (Fsp3) is 0.371. The zero-order valence-corrected chi connectivity index (χ0v) is 30.8. The van der Waals surface area contributed by atoms with Crippen LogP contribution in [0.1, 0.15) is 74.5 Å². The number of rotatable bonds is 7. The number of hydrogen-bond acceptors (Lipinski definition) is 6. The van der Waals surface area contributed by atoms with Gasteiger partial charge in [0.05, 0.1) is 22.2 Å². The molecule has 0 spiro atoms. The van der Waals surface area contributed by atoms with E-state index in [0.717, 1.165) is 18.2 Å². The Balaban J connectivity index is 1.63. The number of alkyl halides is 5. The number of nitrogens with zero attached hydrogens (tertiary/aromatic N) is 1. The molecule has 0 aromatic heterocycles. The predicted octanol–water partition coefficient (Wildman–Crippen LogP) is 10.5. The van der Waals surface area contributed by atoms with Crippen LogP contribution in [0.5, 0.6) is 0 Å². The average molecular weight is 814 g/mol. The molecular formula is C35H30Cl3F7N2O6. The smallest absolute Gasteiger partial charge is 0.424 e. The molecule has 1 N–H and O–H groups in total. The van der Waals surface area contributed by atoms with Crippen LogP contribution in [0.25, 0.3) is 0 Å². The van der Waals surface area contributed by atoms with E-state index in [-0.39, 0.29) is 10.5 Å². The van der Waals surface area contributed by atoms with Crippen molar-refractivity contribution in [2.24, 2.45) is 5.92 Å². The first-order valence-corrected chi connectivity index (χ1v) is 16.6. The highest BCUT2D eigenvalue weighted by Crippen LogP contribution is 2.65. The van der Waals surface area contributed by atoms with E-state index in [1.165, 1.54) is 41.5 Å². The zero-order valence-electron chi connectivity index (χ0n) is 28.6. The topological polar surface area (TPSA) is 102 Å². The summed E-state index contributed by atoms with van der Waals surface area (Å²) in [4.78, 5) is 52.7. The third-order valence-electron chi connectivity index (χ3n) is 7.48. The number of Topliss-reactive ketones (excluding diaryl/α,β-unsaturated/α-hetero) is 1. The maximum atomic E-state index is 16.0. The van der Waals surface area contributed by atoms with Crippen molar-refractivity contribution >= 4 is 70.1 Å². The largest absolute Gasteiger partial charge is 0.443 e. The van der Waals surface area contributed by atoms with Crippen LogP contribution in [0.15, 0.2) is 42.5 Å². The number of benzene rings is 3. The molecule has 1 fully saturated rings. The number of anilines is 2. The fourth-order valence-electron chi connectivity index (χ4n) is 5.15. The number of imide groups is 1. The van der Waals surface area contributed by atoms with Gasteiger partial charge in [-0.2, -0.15) is 18.1 Å². The monoisotopic (exact) mass is 812 g/mol. The minimum atomic E-state index is -5.07. The number of halogens is 10. The van der Waals surface area contributed by atoms with Crippen molar-refractivity contribution in [3.63, 3.8) is 0 Å². The van der Waals surface area contributed by atoms with E-state index >= 15 is 13.2 Å². The number of hydrogen-bond donors (Lipinski definition) is 1. The highest BCUT2D eigenvalue weighted by Gasteiger charge is 2.68. The number of ether oxygens (including phenoxy) is 2. The predicted molar refractivity (Wildman–Crippen MR) is 181 cm³/mol. The standard InChI is InChI=1S/C35H30Cl3F7N2O6/c1-32(2,3)52-30(50)47(31(51)53-33(4,5)6)28-21(40)10-8-16(27(28)42)12-24(48)17-13-23(22(41)14-19(17)36)46-29(49)26-25(34(26,37)38)15-7-9-20(39)18(11-15)35(43,44)45/h7-11,13-14,25-26H,12H2,1-6H3,(H,46,49)/t25-,26+/m0/s1. The van der Waals surface area contributed by atoms with Crippen molar-refractivity contribution in [3.05, 3.63) is 93.0 Å². The lowest BCUT2D eigenvalue weighted by Crippen LogP contribution is -2.44. The molecule has 2 atom stereocenters. The van der Waals surface area contributed by atoms with Crippen LogP contribution in [0, 0.1) is 29.2 Å². The van der Waals surface area contributed by atoms with Gasteiger partial charge in [-0.05, 0) is 83.0 Å². The molecule has 3 aromatic carbocycles. The second-order valence-corrected chi connectivity index (χ2v) is 15.8. The summed E-state index contributed by atoms with van der Waals surface area (Å²) in [7, 11) is 0. The second kappa shape index (κ2) is 14.6. The Morgan fingerprint density at radius 2 is 1.36 bits per heavy atom. The van der Waals surface area contributed by atoms with Crippen molar-refractivity contribution in [1.29, 1.82) is 0 Å². The summed E-state index contributed by atoms with van der Waals surface area (Å²) in [6.07, 6.45) is -8.97. The number of carbonyl (C=O) groups excluding carboxylic acids is 4. The normalized spacial score (nSPS) is 16.8. The van der Waals surface area contributed by atoms with Gasteiger partial charge in [-0.3, -0.25) is 9.59 Å². The minimum absolute atomic E-state index is 0.00242. The number of nitrogens with one attached hydrogen (secondary N) is 1.